The second kappa shape index (κ2) is 12.4. The van der Waals surface area contributed by atoms with Gasteiger partial charge in [0.25, 0.3) is 0 Å². The van der Waals surface area contributed by atoms with Crippen molar-refractivity contribution < 1.29 is 37.3 Å². The number of carbonyl (C=O) groups excluding carboxylic acids is 2. The fraction of sp³-hybridized carbons (Fsp3) is 0.600. The minimum atomic E-state index is -4.20. The third kappa shape index (κ3) is 7.64. The maximum absolute atomic E-state index is 14.0. The number of benzene rings is 1. The van der Waals surface area contributed by atoms with Gasteiger partial charge in [-0.25, -0.2) is 13.2 Å². The van der Waals surface area contributed by atoms with Crippen molar-refractivity contribution in [3.8, 4) is 11.5 Å². The molecule has 3 atom stereocenters. The van der Waals surface area contributed by atoms with Crippen molar-refractivity contribution in [2.75, 3.05) is 33.4 Å². The lowest BCUT2D eigenvalue weighted by molar-refractivity contribution is -0.128. The molecule has 13 heteroatoms. The average Bonchev–Trinajstić information content (AvgIpc) is 3.17. The lowest BCUT2D eigenvalue weighted by Gasteiger charge is -2.33. The van der Waals surface area contributed by atoms with Gasteiger partial charge in [-0.2, -0.15) is 4.31 Å². The Hall–Kier alpha value is -2.77. The molecule has 0 aromatic heterocycles. The number of sulfonamides is 1. The summed E-state index contributed by atoms with van der Waals surface area (Å²) in [5, 5.41) is 13.6. The average molecular weight is 551 g/mol. The van der Waals surface area contributed by atoms with Crippen molar-refractivity contribution in [3.63, 3.8) is 0 Å². The van der Waals surface area contributed by atoms with Gasteiger partial charge in [-0.05, 0) is 45.7 Å². The summed E-state index contributed by atoms with van der Waals surface area (Å²) in [6, 6.07) is 4.10. The van der Waals surface area contributed by atoms with E-state index in [0.29, 0.717) is 31.6 Å². The molecule has 2 amide bonds. The summed E-state index contributed by atoms with van der Waals surface area (Å²) in [6.07, 6.45) is 3.14. The molecular formula is C25H38BN3O8S. The highest BCUT2D eigenvalue weighted by atomic mass is 32.2. The van der Waals surface area contributed by atoms with E-state index in [1.165, 1.54) is 25.3 Å². The number of carbonyl (C=O) groups is 2. The predicted molar refractivity (Wildman–Crippen MR) is 143 cm³/mol. The number of amides is 2. The fourth-order valence-electron chi connectivity index (χ4n) is 4.32. The number of nitrogens with zero attached hydrogens (tertiary/aromatic N) is 2. The van der Waals surface area contributed by atoms with Gasteiger partial charge in [0, 0.05) is 44.1 Å². The van der Waals surface area contributed by atoms with Gasteiger partial charge in [0.2, 0.25) is 15.9 Å². The molecular weight excluding hydrogens is 513 g/mol. The van der Waals surface area contributed by atoms with Crippen LogP contribution < -0.4 is 14.8 Å². The van der Waals surface area contributed by atoms with E-state index in [0.717, 1.165) is 4.31 Å². The molecule has 0 bridgehead atoms. The van der Waals surface area contributed by atoms with Crippen LogP contribution in [0.1, 0.15) is 40.0 Å². The minimum Gasteiger partial charge on any atom is -0.497 e. The first-order valence-corrected chi connectivity index (χ1v) is 14.2. The Morgan fingerprint density at radius 2 is 2.05 bits per heavy atom. The zero-order valence-corrected chi connectivity index (χ0v) is 23.5. The minimum absolute atomic E-state index is 0.0242. The first kappa shape index (κ1) is 29.8. The molecule has 0 spiro atoms. The molecule has 2 aliphatic heterocycles. The highest BCUT2D eigenvalue weighted by molar-refractivity contribution is 7.89. The molecule has 11 nitrogen and oxygen atoms in total. The third-order valence-electron chi connectivity index (χ3n) is 6.36. The normalized spacial score (nSPS) is 22.8. The number of nitrogens with one attached hydrogen (secondary N) is 1. The van der Waals surface area contributed by atoms with Crippen molar-refractivity contribution in [1.29, 1.82) is 0 Å². The smallest absolute Gasteiger partial charge is 0.407 e. The van der Waals surface area contributed by atoms with Crippen LogP contribution in [-0.4, -0.2) is 99.6 Å². The molecule has 1 saturated heterocycles. The molecule has 3 rings (SSSR count). The van der Waals surface area contributed by atoms with Gasteiger partial charge >= 0.3 is 6.09 Å². The van der Waals surface area contributed by atoms with Gasteiger partial charge in [-0.3, -0.25) is 4.79 Å². The first-order valence-electron chi connectivity index (χ1n) is 12.7. The number of alkyl carbamates (subject to hydrolysis) is 1. The Morgan fingerprint density at radius 3 is 2.74 bits per heavy atom. The molecule has 0 saturated carbocycles. The van der Waals surface area contributed by atoms with E-state index in [4.69, 9.17) is 14.2 Å². The molecule has 38 heavy (non-hydrogen) atoms. The summed E-state index contributed by atoms with van der Waals surface area (Å²) >= 11 is 0. The maximum Gasteiger partial charge on any atom is 0.407 e. The van der Waals surface area contributed by atoms with Crippen molar-refractivity contribution in [1.82, 2.24) is 14.5 Å². The van der Waals surface area contributed by atoms with Crippen molar-refractivity contribution in [3.05, 3.63) is 30.4 Å². The topological polar surface area (TPSA) is 135 Å². The second-order valence-corrected chi connectivity index (χ2v) is 12.4. The number of fused-ring (bicyclic) bond motifs is 2. The van der Waals surface area contributed by atoms with Gasteiger partial charge in [-0.1, -0.05) is 12.2 Å². The third-order valence-corrected chi connectivity index (χ3v) is 8.23. The lowest BCUT2D eigenvalue weighted by Crippen LogP contribution is -2.52. The summed E-state index contributed by atoms with van der Waals surface area (Å²) in [5.74, 6) is -0.293. The van der Waals surface area contributed by atoms with Crippen LogP contribution in [0.15, 0.2) is 35.2 Å². The predicted octanol–water partition coefficient (Wildman–Crippen LogP) is 0.860. The number of rotatable bonds is 5. The zero-order chi connectivity index (χ0) is 28.1. The monoisotopic (exact) mass is 551 g/mol. The second-order valence-electron chi connectivity index (χ2n) is 10.5. The van der Waals surface area contributed by atoms with E-state index in [-0.39, 0.29) is 42.3 Å². The van der Waals surface area contributed by atoms with Crippen LogP contribution in [0.2, 0.25) is 0 Å². The Morgan fingerprint density at radius 1 is 1.32 bits per heavy atom. The number of methoxy groups -OCH3 is 1. The zero-order valence-electron chi connectivity index (χ0n) is 22.7. The summed E-state index contributed by atoms with van der Waals surface area (Å²) < 4.78 is 45.6. The Kier molecular flexibility index (Phi) is 9.72. The van der Waals surface area contributed by atoms with Crippen LogP contribution in [0.25, 0.3) is 0 Å². The number of aliphatic hydroxyl groups is 1. The number of β-amino-alcohol motifs (C(OH)–C–C–N with tert-alkyl or cyclic N) is 1. The number of hydrogen-bond acceptors (Lipinski definition) is 8. The van der Waals surface area contributed by atoms with E-state index in [1.807, 2.05) is 12.2 Å². The van der Waals surface area contributed by atoms with E-state index in [2.05, 4.69) is 5.32 Å². The number of aliphatic hydroxyl groups excluding tert-OH is 1. The van der Waals surface area contributed by atoms with Gasteiger partial charge < -0.3 is 29.5 Å². The maximum atomic E-state index is 14.0. The fourth-order valence-corrected chi connectivity index (χ4v) is 5.93. The molecule has 0 radical (unpaired) electrons. The molecule has 0 unspecified atom stereocenters. The molecule has 2 aliphatic rings. The van der Waals surface area contributed by atoms with E-state index >= 15 is 0 Å². The largest absolute Gasteiger partial charge is 0.497 e. The molecule has 1 aromatic carbocycles. The summed E-state index contributed by atoms with van der Waals surface area (Å²) in [7, 11) is -1.15. The summed E-state index contributed by atoms with van der Waals surface area (Å²) in [4.78, 5) is 26.4. The first-order chi connectivity index (χ1) is 17.8. The molecule has 210 valence electrons. The molecule has 2 N–H and O–H groups in total. The molecule has 2 heterocycles. The molecule has 1 aromatic rings. The van der Waals surface area contributed by atoms with E-state index < -0.39 is 33.8 Å². The Balaban J connectivity index is 1.95. The van der Waals surface area contributed by atoms with Gasteiger partial charge in [0.1, 0.15) is 29.8 Å². The van der Waals surface area contributed by atoms with Crippen LogP contribution in [0, 0.1) is 0 Å². The summed E-state index contributed by atoms with van der Waals surface area (Å²) in [6.45, 7) is 5.40. The SMILES string of the molecule is B[C@H](NC(=O)OC(C)(C)C)[C@H](O)CN1C[C@H]2CCC(=O)N2C/C=C/CCOc2cc(OC)ccc2S1(=O)=O. The number of ether oxygens (including phenoxy) is 3. The lowest BCUT2D eigenvalue weighted by atomic mass is 9.91. The molecule has 1 fully saturated rings. The van der Waals surface area contributed by atoms with Crippen LogP contribution in [0.4, 0.5) is 4.79 Å². The van der Waals surface area contributed by atoms with E-state index in [1.54, 1.807) is 33.5 Å². The van der Waals surface area contributed by atoms with Crippen LogP contribution in [0.3, 0.4) is 0 Å². The van der Waals surface area contributed by atoms with E-state index in [9.17, 15) is 23.1 Å². The molecule has 0 aliphatic carbocycles. The number of hydrogen-bond donors (Lipinski definition) is 2. The van der Waals surface area contributed by atoms with Crippen molar-refractivity contribution in [2.45, 2.75) is 68.6 Å². The standard InChI is InChI=1S/C25H38BN3O8S/c1-25(2,3)37-24(32)27-23(26)19(30)16-28-15-17-8-11-22(31)29(17)12-6-5-7-13-36-20-14-18(35-4)9-10-21(20)38(28,33)34/h5-6,9-10,14,17,19,23,30H,7-8,11-13,15-16,26H2,1-4H3,(H,27,32)/b6-5+/t17-,19-,23-/m1/s1. The van der Waals surface area contributed by atoms with Crippen molar-refractivity contribution in [2.24, 2.45) is 0 Å². The van der Waals surface area contributed by atoms with Crippen LogP contribution in [-0.2, 0) is 19.6 Å². The van der Waals surface area contributed by atoms with Gasteiger partial charge in [0.05, 0.1) is 19.8 Å². The summed E-state index contributed by atoms with van der Waals surface area (Å²) in [5.41, 5.74) is -0.731. The Labute approximate surface area is 225 Å². The highest BCUT2D eigenvalue weighted by Crippen LogP contribution is 2.32. The Bertz CT molecular complexity index is 1140. The van der Waals surface area contributed by atoms with Gasteiger partial charge in [-0.15, -0.1) is 0 Å². The van der Waals surface area contributed by atoms with Crippen molar-refractivity contribution >= 4 is 29.9 Å². The van der Waals surface area contributed by atoms with Crippen LogP contribution >= 0.6 is 0 Å². The van der Waals surface area contributed by atoms with Gasteiger partial charge in [0.15, 0.2) is 0 Å². The van der Waals surface area contributed by atoms with Crippen LogP contribution in [0.5, 0.6) is 11.5 Å². The quantitative estimate of drug-likeness (QED) is 0.407. The highest BCUT2D eigenvalue weighted by Gasteiger charge is 2.38.